The summed E-state index contributed by atoms with van der Waals surface area (Å²) in [4.78, 5) is 0. The van der Waals surface area contributed by atoms with Gasteiger partial charge in [-0.25, -0.2) is 0 Å². The Labute approximate surface area is 76.9 Å². The summed E-state index contributed by atoms with van der Waals surface area (Å²) in [5.41, 5.74) is 0. The lowest BCUT2D eigenvalue weighted by atomic mass is 9.75. The van der Waals surface area contributed by atoms with Crippen molar-refractivity contribution in [2.75, 3.05) is 20.6 Å². The first-order chi connectivity index (χ1) is 5.72. The van der Waals surface area contributed by atoms with E-state index in [1.807, 2.05) is 57.8 Å². The molecule has 0 aromatic heterocycles. The number of rotatable bonds is 1. The van der Waals surface area contributed by atoms with Crippen LogP contribution < -0.4 is 0 Å². The molecule has 0 spiro atoms. The van der Waals surface area contributed by atoms with Crippen molar-refractivity contribution in [3.63, 3.8) is 0 Å². The topological polar surface area (TPSA) is 9.72 Å². The van der Waals surface area contributed by atoms with E-state index in [1.54, 1.807) is 0 Å². The Kier molecular flexibility index (Phi) is 3.73. The van der Waals surface area contributed by atoms with E-state index in [0.29, 0.717) is 0 Å². The Hall–Kier alpha value is -0.365. The van der Waals surface area contributed by atoms with Gasteiger partial charge in [-0.2, -0.15) is 0 Å². The van der Waals surface area contributed by atoms with Gasteiger partial charge in [0.15, 0.2) is 0 Å². The molecule has 6 heteroatoms. The van der Waals surface area contributed by atoms with Crippen LogP contribution in [0.5, 0.6) is 0 Å². The molecular formula is C6H11B3N3. The quantitative estimate of drug-likeness (QED) is 0.350. The van der Waals surface area contributed by atoms with Gasteiger partial charge in [0.1, 0.15) is 0 Å². The molecule has 1 aliphatic rings. The van der Waals surface area contributed by atoms with Crippen molar-refractivity contribution in [2.45, 2.75) is 6.92 Å². The van der Waals surface area contributed by atoms with E-state index in [-0.39, 0.29) is 0 Å². The van der Waals surface area contributed by atoms with Crippen molar-refractivity contribution < 1.29 is 0 Å². The van der Waals surface area contributed by atoms with E-state index in [9.17, 15) is 0 Å². The first kappa shape index (κ1) is 9.72. The predicted octanol–water partition coefficient (Wildman–Crippen LogP) is -1.21. The first-order valence-corrected chi connectivity index (χ1v) is 3.86. The molecule has 0 N–H and O–H groups in total. The molecule has 0 saturated carbocycles. The van der Waals surface area contributed by atoms with E-state index in [0.717, 1.165) is 6.54 Å². The molecule has 3 nitrogen and oxygen atoms in total. The zero-order valence-electron chi connectivity index (χ0n) is 7.78. The summed E-state index contributed by atoms with van der Waals surface area (Å²) in [6.45, 7) is 2.60. The van der Waals surface area contributed by atoms with Crippen molar-refractivity contribution in [1.29, 1.82) is 0 Å². The van der Waals surface area contributed by atoms with E-state index in [2.05, 4.69) is 11.8 Å². The molecule has 0 unspecified atom stereocenters. The van der Waals surface area contributed by atoms with Gasteiger partial charge in [-0.15, -0.1) is 5.92 Å². The Morgan fingerprint density at radius 1 is 1.08 bits per heavy atom. The molecular weight excluding hydrogens is 147 g/mol. The Morgan fingerprint density at radius 3 is 2.17 bits per heavy atom. The highest BCUT2D eigenvalue weighted by molar-refractivity contribution is 6.64. The highest BCUT2D eigenvalue weighted by Gasteiger charge is 2.22. The van der Waals surface area contributed by atoms with Crippen molar-refractivity contribution >= 4 is 22.6 Å². The summed E-state index contributed by atoms with van der Waals surface area (Å²) < 4.78 is 6.03. The van der Waals surface area contributed by atoms with Crippen LogP contribution in [0.3, 0.4) is 0 Å². The predicted molar refractivity (Wildman–Crippen MR) is 52.9 cm³/mol. The van der Waals surface area contributed by atoms with Gasteiger partial charge in [-0.05, 0) is 21.0 Å². The minimum absolute atomic E-state index is 0.749. The van der Waals surface area contributed by atoms with Gasteiger partial charge >= 0.3 is 0 Å². The summed E-state index contributed by atoms with van der Waals surface area (Å²) in [5.74, 6) is 5.87. The van der Waals surface area contributed by atoms with Crippen molar-refractivity contribution in [2.24, 2.45) is 0 Å². The SMILES string of the molecule is CC#CCN1[B]N(C)[B]N(C)[B]1. The zero-order chi connectivity index (χ0) is 8.97. The Balaban J connectivity index is 2.37. The maximum Gasteiger partial charge on any atom is 0.290 e. The van der Waals surface area contributed by atoms with Gasteiger partial charge in [0.2, 0.25) is 0 Å². The Bertz CT molecular complexity index is 190. The molecule has 1 rings (SSSR count). The average molecular weight is 158 g/mol. The monoisotopic (exact) mass is 158 g/mol. The van der Waals surface area contributed by atoms with Crippen molar-refractivity contribution in [3.05, 3.63) is 0 Å². The minimum Gasteiger partial charge on any atom is -0.367 e. The highest BCUT2D eigenvalue weighted by Crippen LogP contribution is 1.94. The third-order valence-corrected chi connectivity index (χ3v) is 1.46. The van der Waals surface area contributed by atoms with Gasteiger partial charge < -0.3 is 14.2 Å². The van der Waals surface area contributed by atoms with Gasteiger partial charge in [-0.1, -0.05) is 5.92 Å². The molecule has 3 radical (unpaired) electrons. The maximum atomic E-state index is 3.01. The molecule has 0 bridgehead atoms. The molecule has 0 amide bonds. The van der Waals surface area contributed by atoms with Crippen LogP contribution in [0, 0.1) is 11.8 Å². The van der Waals surface area contributed by atoms with Gasteiger partial charge in [-0.3, -0.25) is 0 Å². The largest absolute Gasteiger partial charge is 0.367 e. The lowest BCUT2D eigenvalue weighted by Crippen LogP contribution is -2.58. The van der Waals surface area contributed by atoms with Crippen LogP contribution in [0.1, 0.15) is 6.92 Å². The second-order valence-corrected chi connectivity index (χ2v) is 2.78. The third-order valence-electron chi connectivity index (χ3n) is 1.46. The van der Waals surface area contributed by atoms with Gasteiger partial charge in [0.05, 0.1) is 0 Å². The standard InChI is InChI=1S/C6H11B3N3/c1-4-5-6-12-8-10(2)7-11(3)9-12/h6H2,1-3H3. The van der Waals surface area contributed by atoms with Crippen molar-refractivity contribution in [1.82, 2.24) is 14.2 Å². The van der Waals surface area contributed by atoms with Crippen LogP contribution in [0.4, 0.5) is 0 Å². The van der Waals surface area contributed by atoms with Gasteiger partial charge in [0.25, 0.3) is 22.6 Å². The van der Waals surface area contributed by atoms with Crippen LogP contribution in [0.15, 0.2) is 0 Å². The molecule has 0 atom stereocenters. The summed E-state index contributed by atoms with van der Waals surface area (Å²) in [5, 5.41) is 0. The molecule has 59 valence electrons. The normalized spacial score (nSPS) is 19.9. The van der Waals surface area contributed by atoms with E-state index >= 15 is 0 Å². The molecule has 12 heavy (non-hydrogen) atoms. The average Bonchev–Trinajstić information content (AvgIpc) is 1.99. The number of hydrogen-bond donors (Lipinski definition) is 0. The van der Waals surface area contributed by atoms with Crippen molar-refractivity contribution in [3.8, 4) is 11.8 Å². The van der Waals surface area contributed by atoms with Crippen LogP contribution in [-0.2, 0) is 0 Å². The maximum absolute atomic E-state index is 3.01. The summed E-state index contributed by atoms with van der Waals surface area (Å²) in [6.07, 6.45) is 0. The second kappa shape index (κ2) is 4.61. The fraction of sp³-hybridized carbons (Fsp3) is 0.667. The molecule has 1 fully saturated rings. The fourth-order valence-electron chi connectivity index (χ4n) is 1.10. The molecule has 0 aromatic rings. The molecule has 0 aliphatic carbocycles. The van der Waals surface area contributed by atoms with Crippen LogP contribution in [0.2, 0.25) is 0 Å². The third kappa shape index (κ3) is 2.94. The fourth-order valence-corrected chi connectivity index (χ4v) is 1.10. The lowest BCUT2D eigenvalue weighted by Gasteiger charge is -2.34. The number of nitrogens with zero attached hydrogens (tertiary/aromatic N) is 3. The molecule has 1 aliphatic heterocycles. The molecule has 0 aromatic carbocycles. The zero-order valence-corrected chi connectivity index (χ0v) is 7.78. The van der Waals surface area contributed by atoms with Crippen LogP contribution in [0.25, 0.3) is 0 Å². The van der Waals surface area contributed by atoms with E-state index < -0.39 is 0 Å². The van der Waals surface area contributed by atoms with Gasteiger partial charge in [0, 0.05) is 6.54 Å². The molecule has 1 heterocycles. The summed E-state index contributed by atoms with van der Waals surface area (Å²) in [6, 6.07) is 0. The van der Waals surface area contributed by atoms with E-state index in [4.69, 9.17) is 0 Å². The lowest BCUT2D eigenvalue weighted by molar-refractivity contribution is 0.579. The van der Waals surface area contributed by atoms with Crippen LogP contribution in [-0.4, -0.2) is 57.5 Å². The number of hydrogen-bond acceptors (Lipinski definition) is 3. The van der Waals surface area contributed by atoms with E-state index in [1.165, 1.54) is 0 Å². The highest BCUT2D eigenvalue weighted by atomic mass is 15.2. The van der Waals surface area contributed by atoms with Crippen LogP contribution >= 0.6 is 0 Å². The smallest absolute Gasteiger partial charge is 0.290 e. The summed E-state index contributed by atoms with van der Waals surface area (Å²) in [7, 11) is 10.00. The first-order valence-electron chi connectivity index (χ1n) is 3.86. The second-order valence-electron chi connectivity index (χ2n) is 2.78. The summed E-state index contributed by atoms with van der Waals surface area (Å²) >= 11 is 0. The minimum atomic E-state index is 0.749. The Morgan fingerprint density at radius 2 is 1.67 bits per heavy atom. The molecule has 1 saturated heterocycles.